The van der Waals surface area contributed by atoms with E-state index in [1.807, 2.05) is 30.3 Å². The zero-order chi connectivity index (χ0) is 16.4. The second kappa shape index (κ2) is 9.23. The molecule has 22 heavy (non-hydrogen) atoms. The summed E-state index contributed by atoms with van der Waals surface area (Å²) < 4.78 is 5.22. The van der Waals surface area contributed by atoms with Gasteiger partial charge in [-0.3, -0.25) is 0 Å². The number of nitrogens with one attached hydrogen (secondary N) is 1. The van der Waals surface area contributed by atoms with Crippen LogP contribution < -0.4 is 5.32 Å². The highest BCUT2D eigenvalue weighted by molar-refractivity contribution is 5.75. The van der Waals surface area contributed by atoms with Crippen LogP contribution in [0.4, 0.5) is 4.79 Å². The van der Waals surface area contributed by atoms with Crippen LogP contribution in [0.1, 0.15) is 52.0 Å². The van der Waals surface area contributed by atoms with E-state index in [0.717, 1.165) is 24.8 Å². The van der Waals surface area contributed by atoms with Crippen LogP contribution in [-0.4, -0.2) is 18.4 Å². The Bertz CT molecular complexity index is 466. The number of amides is 1. The van der Waals surface area contributed by atoms with Crippen LogP contribution in [0.2, 0.25) is 0 Å². The average molecular weight is 305 g/mol. The fourth-order valence-electron chi connectivity index (χ4n) is 2.42. The molecule has 0 aliphatic carbocycles. The number of alkyl carbamates (subject to hydrolysis) is 1. The predicted octanol–water partition coefficient (Wildman–Crippen LogP) is 4.09. The van der Waals surface area contributed by atoms with Gasteiger partial charge in [-0.05, 0) is 37.2 Å². The van der Waals surface area contributed by atoms with E-state index in [0.29, 0.717) is 13.0 Å². The SMILES string of the molecule is CCC(CC)(CCC(C)=O)CNC(=O)OCc1ccccc1. The van der Waals surface area contributed by atoms with Gasteiger partial charge in [0.25, 0.3) is 0 Å². The lowest BCUT2D eigenvalue weighted by Gasteiger charge is -2.31. The number of Topliss-reactive ketones (excluding diaryl/α,β-unsaturated/α-hetero) is 1. The summed E-state index contributed by atoms with van der Waals surface area (Å²) in [5, 5.41) is 2.85. The van der Waals surface area contributed by atoms with Crippen molar-refractivity contribution in [2.75, 3.05) is 6.54 Å². The fourth-order valence-corrected chi connectivity index (χ4v) is 2.42. The van der Waals surface area contributed by atoms with E-state index in [4.69, 9.17) is 4.74 Å². The molecule has 1 aromatic rings. The lowest BCUT2D eigenvalue weighted by molar-refractivity contribution is -0.117. The molecule has 0 fully saturated rings. The average Bonchev–Trinajstić information content (AvgIpc) is 2.54. The van der Waals surface area contributed by atoms with Crippen LogP contribution in [0.3, 0.4) is 0 Å². The number of rotatable bonds is 9. The van der Waals surface area contributed by atoms with Crippen molar-refractivity contribution in [3.05, 3.63) is 35.9 Å². The van der Waals surface area contributed by atoms with Crippen molar-refractivity contribution in [2.45, 2.75) is 53.1 Å². The molecule has 0 bridgehead atoms. The van der Waals surface area contributed by atoms with Crippen molar-refractivity contribution in [3.8, 4) is 0 Å². The first-order chi connectivity index (χ1) is 10.5. The van der Waals surface area contributed by atoms with Gasteiger partial charge in [-0.25, -0.2) is 4.79 Å². The summed E-state index contributed by atoms with van der Waals surface area (Å²) in [5.41, 5.74) is 0.934. The molecule has 1 N–H and O–H groups in total. The Labute approximate surface area is 133 Å². The summed E-state index contributed by atoms with van der Waals surface area (Å²) >= 11 is 0. The topological polar surface area (TPSA) is 55.4 Å². The molecule has 122 valence electrons. The molecule has 0 aliphatic heterocycles. The minimum absolute atomic E-state index is 0.0303. The second-order valence-corrected chi connectivity index (χ2v) is 5.82. The molecule has 0 aromatic heterocycles. The Morgan fingerprint density at radius 1 is 1.14 bits per heavy atom. The smallest absolute Gasteiger partial charge is 0.407 e. The molecule has 4 nitrogen and oxygen atoms in total. The van der Waals surface area contributed by atoms with E-state index >= 15 is 0 Å². The van der Waals surface area contributed by atoms with Crippen molar-refractivity contribution in [1.29, 1.82) is 0 Å². The van der Waals surface area contributed by atoms with Gasteiger partial charge >= 0.3 is 6.09 Å². The summed E-state index contributed by atoms with van der Waals surface area (Å²) in [6, 6.07) is 9.59. The number of carbonyl (C=O) groups is 2. The molecule has 1 rings (SSSR count). The molecule has 0 heterocycles. The first-order valence-corrected chi connectivity index (χ1v) is 7.95. The normalized spacial score (nSPS) is 11.0. The minimum Gasteiger partial charge on any atom is -0.445 e. The number of ketones is 1. The van der Waals surface area contributed by atoms with Crippen LogP contribution in [-0.2, 0) is 16.1 Å². The van der Waals surface area contributed by atoms with Gasteiger partial charge in [0, 0.05) is 13.0 Å². The second-order valence-electron chi connectivity index (χ2n) is 5.82. The molecule has 0 aliphatic rings. The van der Waals surface area contributed by atoms with Crippen LogP contribution in [0.25, 0.3) is 0 Å². The highest BCUT2D eigenvalue weighted by Crippen LogP contribution is 2.31. The summed E-state index contributed by atoms with van der Waals surface area (Å²) in [6.45, 7) is 6.62. The quantitative estimate of drug-likeness (QED) is 0.747. The number of ether oxygens (including phenoxy) is 1. The molecule has 1 aromatic carbocycles. The highest BCUT2D eigenvalue weighted by Gasteiger charge is 2.27. The third-order valence-corrected chi connectivity index (χ3v) is 4.33. The van der Waals surface area contributed by atoms with E-state index in [1.165, 1.54) is 0 Å². The zero-order valence-electron chi connectivity index (χ0n) is 13.9. The first kappa shape index (κ1) is 18.2. The van der Waals surface area contributed by atoms with Crippen molar-refractivity contribution in [1.82, 2.24) is 5.32 Å². The third kappa shape index (κ3) is 6.29. The Balaban J connectivity index is 2.43. The maximum Gasteiger partial charge on any atom is 0.407 e. The minimum atomic E-state index is -0.405. The number of hydrogen-bond acceptors (Lipinski definition) is 3. The molecule has 0 saturated carbocycles. The maximum atomic E-state index is 11.8. The van der Waals surface area contributed by atoms with Gasteiger partial charge in [0.2, 0.25) is 0 Å². The highest BCUT2D eigenvalue weighted by atomic mass is 16.5. The van der Waals surface area contributed by atoms with Crippen LogP contribution in [0, 0.1) is 5.41 Å². The Hall–Kier alpha value is -1.84. The van der Waals surface area contributed by atoms with Gasteiger partial charge < -0.3 is 14.8 Å². The molecular weight excluding hydrogens is 278 g/mol. The van der Waals surface area contributed by atoms with Gasteiger partial charge in [0.15, 0.2) is 0 Å². The molecule has 0 unspecified atom stereocenters. The molecule has 0 spiro atoms. The monoisotopic (exact) mass is 305 g/mol. The number of carbonyl (C=O) groups excluding carboxylic acids is 2. The van der Waals surface area contributed by atoms with Gasteiger partial charge in [-0.1, -0.05) is 44.2 Å². The van der Waals surface area contributed by atoms with Crippen molar-refractivity contribution in [3.63, 3.8) is 0 Å². The summed E-state index contributed by atoms with van der Waals surface area (Å²) in [5.74, 6) is 0.193. The molecule has 0 atom stereocenters. The molecule has 0 saturated heterocycles. The molecule has 1 amide bonds. The third-order valence-electron chi connectivity index (χ3n) is 4.33. The predicted molar refractivity (Wildman–Crippen MR) is 87.6 cm³/mol. The van der Waals surface area contributed by atoms with E-state index in [9.17, 15) is 9.59 Å². The van der Waals surface area contributed by atoms with Gasteiger partial charge in [0.05, 0.1) is 0 Å². The van der Waals surface area contributed by atoms with Crippen molar-refractivity contribution < 1.29 is 14.3 Å². The van der Waals surface area contributed by atoms with Crippen LogP contribution in [0.15, 0.2) is 30.3 Å². The molecule has 4 heteroatoms. The lowest BCUT2D eigenvalue weighted by atomic mass is 9.77. The largest absolute Gasteiger partial charge is 0.445 e. The summed E-state index contributed by atoms with van der Waals surface area (Å²) in [7, 11) is 0. The summed E-state index contributed by atoms with van der Waals surface area (Å²) in [4.78, 5) is 23.0. The van der Waals surface area contributed by atoms with Gasteiger partial charge in [-0.15, -0.1) is 0 Å². The number of benzene rings is 1. The molecular formula is C18H27NO3. The van der Waals surface area contributed by atoms with E-state index in [2.05, 4.69) is 19.2 Å². The zero-order valence-corrected chi connectivity index (χ0v) is 13.9. The Morgan fingerprint density at radius 2 is 1.77 bits per heavy atom. The number of hydrogen-bond donors (Lipinski definition) is 1. The van der Waals surface area contributed by atoms with E-state index in [1.54, 1.807) is 6.92 Å². The van der Waals surface area contributed by atoms with E-state index in [-0.39, 0.29) is 17.8 Å². The van der Waals surface area contributed by atoms with Gasteiger partial charge in [0.1, 0.15) is 12.4 Å². The summed E-state index contributed by atoms with van der Waals surface area (Å²) in [6.07, 6.45) is 2.81. The fraction of sp³-hybridized carbons (Fsp3) is 0.556. The van der Waals surface area contributed by atoms with Gasteiger partial charge in [-0.2, -0.15) is 0 Å². The Kier molecular flexibility index (Phi) is 7.64. The van der Waals surface area contributed by atoms with Crippen molar-refractivity contribution in [2.24, 2.45) is 5.41 Å². The van der Waals surface area contributed by atoms with Crippen LogP contribution in [0.5, 0.6) is 0 Å². The van der Waals surface area contributed by atoms with E-state index < -0.39 is 6.09 Å². The Morgan fingerprint density at radius 3 is 2.32 bits per heavy atom. The first-order valence-electron chi connectivity index (χ1n) is 7.95. The lowest BCUT2D eigenvalue weighted by Crippen LogP contribution is -2.37. The van der Waals surface area contributed by atoms with Crippen LogP contribution >= 0.6 is 0 Å². The molecule has 0 radical (unpaired) electrons. The van der Waals surface area contributed by atoms with Crippen molar-refractivity contribution >= 4 is 11.9 Å². The maximum absolute atomic E-state index is 11.8. The standard InChI is InChI=1S/C18H27NO3/c1-4-18(5-2,12-11-15(3)20)14-19-17(21)22-13-16-9-7-6-8-10-16/h6-10H,4-5,11-14H2,1-3H3,(H,19,21).